The summed E-state index contributed by atoms with van der Waals surface area (Å²) in [6, 6.07) is 0.637. The molecule has 0 radical (unpaired) electrons. The molecule has 16 heavy (non-hydrogen) atoms. The summed E-state index contributed by atoms with van der Waals surface area (Å²) in [6.45, 7) is 8.71. The highest BCUT2D eigenvalue weighted by Crippen LogP contribution is 2.17. The Morgan fingerprint density at radius 2 is 2.06 bits per heavy atom. The van der Waals surface area contributed by atoms with Gasteiger partial charge >= 0.3 is 0 Å². The molecule has 0 aromatic heterocycles. The van der Waals surface area contributed by atoms with Gasteiger partial charge in [0.25, 0.3) is 0 Å². The van der Waals surface area contributed by atoms with Crippen LogP contribution < -0.4 is 5.32 Å². The van der Waals surface area contributed by atoms with Crippen LogP contribution in [0.25, 0.3) is 0 Å². The zero-order valence-electron chi connectivity index (χ0n) is 11.5. The summed E-state index contributed by atoms with van der Waals surface area (Å²) < 4.78 is 5.69. The van der Waals surface area contributed by atoms with Crippen LogP contribution >= 0.6 is 0 Å². The molecule has 1 fully saturated rings. The Bertz CT molecular complexity index is 204. The minimum atomic E-state index is 0.222. The molecule has 0 aromatic carbocycles. The second-order valence-electron chi connectivity index (χ2n) is 5.71. The second kappa shape index (κ2) is 5.99. The number of hydrogen-bond donors (Lipinski definition) is 1. The molecule has 3 heteroatoms. The molecular weight excluding hydrogens is 200 g/mol. The lowest BCUT2D eigenvalue weighted by Crippen LogP contribution is -2.50. The number of nitrogens with zero attached hydrogens (tertiary/aromatic N) is 1. The Labute approximate surface area is 101 Å². The summed E-state index contributed by atoms with van der Waals surface area (Å²) in [5, 5.41) is 3.69. The molecule has 0 saturated carbocycles. The molecule has 1 rings (SSSR count). The average Bonchev–Trinajstić information content (AvgIpc) is 2.26. The first-order valence-corrected chi connectivity index (χ1v) is 6.48. The van der Waals surface area contributed by atoms with E-state index in [4.69, 9.17) is 4.74 Å². The summed E-state index contributed by atoms with van der Waals surface area (Å²) in [7, 11) is 4.28. The molecule has 1 saturated heterocycles. The topological polar surface area (TPSA) is 24.5 Å². The van der Waals surface area contributed by atoms with Crippen LogP contribution in [-0.2, 0) is 4.74 Å². The lowest BCUT2D eigenvalue weighted by Gasteiger charge is -2.36. The number of rotatable bonds is 5. The molecule has 1 aliphatic heterocycles. The molecule has 1 N–H and O–H groups in total. The Kier molecular flexibility index (Phi) is 5.22. The molecule has 1 heterocycles. The van der Waals surface area contributed by atoms with Crippen LogP contribution in [0.2, 0.25) is 0 Å². The molecule has 3 nitrogen and oxygen atoms in total. The fraction of sp³-hybridized carbons (Fsp3) is 1.00. The summed E-state index contributed by atoms with van der Waals surface area (Å²) in [4.78, 5) is 2.27. The van der Waals surface area contributed by atoms with E-state index in [1.807, 2.05) is 0 Å². The van der Waals surface area contributed by atoms with Crippen LogP contribution in [0.4, 0.5) is 0 Å². The molecule has 0 spiro atoms. The van der Waals surface area contributed by atoms with E-state index < -0.39 is 0 Å². The number of ether oxygens (including phenoxy) is 1. The fourth-order valence-corrected chi connectivity index (χ4v) is 1.90. The summed E-state index contributed by atoms with van der Waals surface area (Å²) >= 11 is 0. The number of nitrogens with one attached hydrogen (secondary N) is 1. The SMILES string of the molecule is CCC1CC(NCC(C)(C)N(C)C)CCO1. The molecule has 0 bridgehead atoms. The highest BCUT2D eigenvalue weighted by atomic mass is 16.5. The van der Waals surface area contributed by atoms with Gasteiger partial charge in [-0.3, -0.25) is 0 Å². The van der Waals surface area contributed by atoms with Crippen molar-refractivity contribution in [1.82, 2.24) is 10.2 Å². The summed E-state index contributed by atoms with van der Waals surface area (Å²) in [6.07, 6.45) is 3.92. The van der Waals surface area contributed by atoms with Gasteiger partial charge in [0, 0.05) is 24.7 Å². The van der Waals surface area contributed by atoms with Crippen molar-refractivity contribution in [3.63, 3.8) is 0 Å². The van der Waals surface area contributed by atoms with E-state index in [2.05, 4.69) is 45.1 Å². The predicted octanol–water partition coefficient (Wildman–Crippen LogP) is 1.87. The second-order valence-corrected chi connectivity index (χ2v) is 5.71. The third kappa shape index (κ3) is 4.04. The number of likely N-dealkylation sites (N-methyl/N-ethyl adjacent to an activating group) is 1. The van der Waals surface area contributed by atoms with E-state index in [1.54, 1.807) is 0 Å². The van der Waals surface area contributed by atoms with Crippen LogP contribution in [0.1, 0.15) is 40.0 Å². The zero-order valence-corrected chi connectivity index (χ0v) is 11.5. The third-order valence-electron chi connectivity index (χ3n) is 3.86. The zero-order chi connectivity index (χ0) is 12.2. The number of hydrogen-bond acceptors (Lipinski definition) is 3. The van der Waals surface area contributed by atoms with Crippen LogP contribution in [-0.4, -0.2) is 49.8 Å². The predicted molar refractivity (Wildman–Crippen MR) is 68.8 cm³/mol. The highest BCUT2D eigenvalue weighted by Gasteiger charge is 2.25. The lowest BCUT2D eigenvalue weighted by molar-refractivity contribution is -0.00207. The van der Waals surface area contributed by atoms with E-state index in [0.29, 0.717) is 12.1 Å². The smallest absolute Gasteiger partial charge is 0.0587 e. The summed E-state index contributed by atoms with van der Waals surface area (Å²) in [5.41, 5.74) is 0.222. The Balaban J connectivity index is 2.32. The van der Waals surface area contributed by atoms with Crippen molar-refractivity contribution >= 4 is 0 Å². The molecule has 0 amide bonds. The molecule has 2 unspecified atom stereocenters. The Morgan fingerprint density at radius 1 is 1.38 bits per heavy atom. The van der Waals surface area contributed by atoms with Crippen molar-refractivity contribution in [2.75, 3.05) is 27.2 Å². The van der Waals surface area contributed by atoms with E-state index in [9.17, 15) is 0 Å². The summed E-state index contributed by atoms with van der Waals surface area (Å²) in [5.74, 6) is 0. The molecule has 1 aliphatic rings. The quantitative estimate of drug-likeness (QED) is 0.777. The van der Waals surface area contributed by atoms with Gasteiger partial charge in [-0.05, 0) is 47.2 Å². The lowest BCUT2D eigenvalue weighted by atomic mass is 9.99. The van der Waals surface area contributed by atoms with Gasteiger partial charge in [-0.2, -0.15) is 0 Å². The molecule has 0 aliphatic carbocycles. The van der Waals surface area contributed by atoms with Crippen LogP contribution in [0, 0.1) is 0 Å². The monoisotopic (exact) mass is 228 g/mol. The van der Waals surface area contributed by atoms with Crippen molar-refractivity contribution < 1.29 is 4.74 Å². The van der Waals surface area contributed by atoms with Gasteiger partial charge in [-0.25, -0.2) is 0 Å². The van der Waals surface area contributed by atoms with Gasteiger partial charge in [0.1, 0.15) is 0 Å². The van der Waals surface area contributed by atoms with Gasteiger partial charge in [-0.1, -0.05) is 6.92 Å². The maximum absolute atomic E-state index is 5.69. The van der Waals surface area contributed by atoms with E-state index in [-0.39, 0.29) is 5.54 Å². The molecule has 0 aromatic rings. The molecule has 2 atom stereocenters. The van der Waals surface area contributed by atoms with E-state index in [0.717, 1.165) is 26.0 Å². The van der Waals surface area contributed by atoms with Crippen molar-refractivity contribution in [2.45, 2.75) is 57.7 Å². The standard InChI is InChI=1S/C13H28N2O/c1-6-12-9-11(7-8-16-12)14-10-13(2,3)15(4)5/h11-12,14H,6-10H2,1-5H3. The van der Waals surface area contributed by atoms with Crippen molar-refractivity contribution in [3.05, 3.63) is 0 Å². The average molecular weight is 228 g/mol. The first-order valence-electron chi connectivity index (χ1n) is 6.48. The first kappa shape index (κ1) is 13.9. The van der Waals surface area contributed by atoms with Crippen LogP contribution in [0.15, 0.2) is 0 Å². The van der Waals surface area contributed by atoms with Crippen molar-refractivity contribution in [2.24, 2.45) is 0 Å². The third-order valence-corrected chi connectivity index (χ3v) is 3.86. The largest absolute Gasteiger partial charge is 0.378 e. The maximum Gasteiger partial charge on any atom is 0.0587 e. The minimum absolute atomic E-state index is 0.222. The van der Waals surface area contributed by atoms with Gasteiger partial charge in [0.15, 0.2) is 0 Å². The van der Waals surface area contributed by atoms with E-state index in [1.165, 1.54) is 6.42 Å². The van der Waals surface area contributed by atoms with Gasteiger partial charge in [0.2, 0.25) is 0 Å². The first-order chi connectivity index (χ1) is 7.45. The maximum atomic E-state index is 5.69. The van der Waals surface area contributed by atoms with Gasteiger partial charge in [-0.15, -0.1) is 0 Å². The van der Waals surface area contributed by atoms with Crippen LogP contribution in [0.5, 0.6) is 0 Å². The minimum Gasteiger partial charge on any atom is -0.378 e. The van der Waals surface area contributed by atoms with Gasteiger partial charge in [0.05, 0.1) is 6.10 Å². The van der Waals surface area contributed by atoms with Crippen molar-refractivity contribution in [1.29, 1.82) is 0 Å². The van der Waals surface area contributed by atoms with Crippen molar-refractivity contribution in [3.8, 4) is 0 Å². The molecule has 96 valence electrons. The fourth-order valence-electron chi connectivity index (χ4n) is 1.90. The Hall–Kier alpha value is -0.120. The van der Waals surface area contributed by atoms with Gasteiger partial charge < -0.3 is 15.0 Å². The van der Waals surface area contributed by atoms with Crippen LogP contribution in [0.3, 0.4) is 0 Å². The highest BCUT2D eigenvalue weighted by molar-refractivity contribution is 4.84. The normalized spacial score (nSPS) is 27.4. The molecular formula is C13H28N2O. The van der Waals surface area contributed by atoms with E-state index >= 15 is 0 Å². The Morgan fingerprint density at radius 3 is 2.62 bits per heavy atom.